The van der Waals surface area contributed by atoms with Gasteiger partial charge in [-0.25, -0.2) is 0 Å². The van der Waals surface area contributed by atoms with Crippen LogP contribution in [0.25, 0.3) is 0 Å². The number of hydrogen-bond acceptors (Lipinski definition) is 2. The predicted octanol–water partition coefficient (Wildman–Crippen LogP) is 1.77. The van der Waals surface area contributed by atoms with E-state index in [0.29, 0.717) is 18.1 Å². The van der Waals surface area contributed by atoms with E-state index in [1.165, 1.54) is 0 Å². The Hall–Kier alpha value is -1.86. The molecule has 0 spiro atoms. The summed E-state index contributed by atoms with van der Waals surface area (Å²) in [7, 11) is 0. The van der Waals surface area contributed by atoms with Gasteiger partial charge in [0.25, 0.3) is 0 Å². The first kappa shape index (κ1) is 13.2. The van der Waals surface area contributed by atoms with Crippen LogP contribution in [-0.2, 0) is 6.42 Å². The summed E-state index contributed by atoms with van der Waals surface area (Å²) < 4.78 is 0. The molecular formula is C13H15N3S. The van der Waals surface area contributed by atoms with Gasteiger partial charge in [-0.15, -0.1) is 6.58 Å². The minimum atomic E-state index is -0.317. The van der Waals surface area contributed by atoms with Crippen molar-refractivity contribution >= 4 is 17.3 Å². The van der Waals surface area contributed by atoms with Crippen molar-refractivity contribution in [3.05, 3.63) is 48.6 Å². The van der Waals surface area contributed by atoms with Crippen molar-refractivity contribution in [2.24, 2.45) is 0 Å². The van der Waals surface area contributed by atoms with Gasteiger partial charge in [-0.05, 0) is 17.8 Å². The SMILES string of the molecule is C=CCNC(=S)NC(C#N)Cc1ccccc1. The van der Waals surface area contributed by atoms with Gasteiger partial charge in [-0.2, -0.15) is 5.26 Å². The highest BCUT2D eigenvalue weighted by Crippen LogP contribution is 2.02. The lowest BCUT2D eigenvalue weighted by molar-refractivity contribution is 0.724. The third-order valence-electron chi connectivity index (χ3n) is 2.15. The fourth-order valence-corrected chi connectivity index (χ4v) is 1.58. The molecule has 0 amide bonds. The molecule has 0 bridgehead atoms. The van der Waals surface area contributed by atoms with Gasteiger partial charge < -0.3 is 10.6 Å². The first-order valence-corrected chi connectivity index (χ1v) is 5.76. The summed E-state index contributed by atoms with van der Waals surface area (Å²) in [6, 6.07) is 11.7. The molecule has 17 heavy (non-hydrogen) atoms. The van der Waals surface area contributed by atoms with E-state index >= 15 is 0 Å². The molecule has 0 saturated carbocycles. The number of rotatable bonds is 5. The Morgan fingerprint density at radius 2 is 2.18 bits per heavy atom. The number of benzene rings is 1. The fourth-order valence-electron chi connectivity index (χ4n) is 1.35. The monoisotopic (exact) mass is 245 g/mol. The summed E-state index contributed by atoms with van der Waals surface area (Å²) in [5, 5.41) is 15.4. The molecule has 1 rings (SSSR count). The maximum absolute atomic E-state index is 9.04. The van der Waals surface area contributed by atoms with E-state index in [1.807, 2.05) is 30.3 Å². The highest BCUT2D eigenvalue weighted by Gasteiger charge is 2.08. The fraction of sp³-hybridized carbons (Fsp3) is 0.231. The molecule has 0 heterocycles. The Morgan fingerprint density at radius 1 is 1.47 bits per heavy atom. The van der Waals surface area contributed by atoms with Gasteiger partial charge >= 0.3 is 0 Å². The van der Waals surface area contributed by atoms with Gasteiger partial charge in [0.2, 0.25) is 0 Å². The maximum atomic E-state index is 9.04. The van der Waals surface area contributed by atoms with Gasteiger partial charge in [0.05, 0.1) is 6.07 Å². The van der Waals surface area contributed by atoms with Crippen LogP contribution in [-0.4, -0.2) is 17.7 Å². The van der Waals surface area contributed by atoms with Crippen LogP contribution in [0.2, 0.25) is 0 Å². The van der Waals surface area contributed by atoms with Gasteiger partial charge in [-0.3, -0.25) is 0 Å². The molecule has 0 aliphatic carbocycles. The second kappa shape index (κ2) is 7.42. The number of nitrogens with one attached hydrogen (secondary N) is 2. The number of thiocarbonyl (C=S) groups is 1. The molecule has 3 nitrogen and oxygen atoms in total. The van der Waals surface area contributed by atoms with Crippen LogP contribution in [0.1, 0.15) is 5.56 Å². The summed E-state index contributed by atoms with van der Waals surface area (Å²) in [6.45, 7) is 4.18. The first-order chi connectivity index (χ1) is 8.26. The second-order valence-electron chi connectivity index (χ2n) is 3.51. The molecule has 1 aromatic rings. The van der Waals surface area contributed by atoms with Crippen molar-refractivity contribution in [1.29, 1.82) is 5.26 Å². The zero-order valence-corrected chi connectivity index (χ0v) is 10.3. The number of hydrogen-bond donors (Lipinski definition) is 2. The smallest absolute Gasteiger partial charge is 0.167 e. The standard InChI is InChI=1S/C13H15N3S/c1-2-8-15-13(17)16-12(10-14)9-11-6-4-3-5-7-11/h2-7,12H,1,8-9H2,(H2,15,16,17). The molecule has 1 aromatic carbocycles. The highest BCUT2D eigenvalue weighted by atomic mass is 32.1. The van der Waals surface area contributed by atoms with Crippen LogP contribution in [0.3, 0.4) is 0 Å². The predicted molar refractivity (Wildman–Crippen MR) is 73.5 cm³/mol. The van der Waals surface area contributed by atoms with E-state index in [4.69, 9.17) is 17.5 Å². The van der Waals surface area contributed by atoms with Crippen LogP contribution < -0.4 is 10.6 Å². The molecule has 4 heteroatoms. The Kier molecular flexibility index (Phi) is 5.76. The molecule has 0 saturated heterocycles. The van der Waals surface area contributed by atoms with E-state index < -0.39 is 0 Å². The van der Waals surface area contributed by atoms with Crippen molar-refractivity contribution in [2.75, 3.05) is 6.54 Å². The zero-order chi connectivity index (χ0) is 12.5. The lowest BCUT2D eigenvalue weighted by atomic mass is 10.1. The van der Waals surface area contributed by atoms with E-state index in [2.05, 4.69) is 23.3 Å². The first-order valence-electron chi connectivity index (χ1n) is 5.35. The topological polar surface area (TPSA) is 47.8 Å². The van der Waals surface area contributed by atoms with Gasteiger partial charge in [0, 0.05) is 13.0 Å². The normalized spacial score (nSPS) is 11.0. The van der Waals surface area contributed by atoms with Gasteiger partial charge in [0.1, 0.15) is 6.04 Å². The van der Waals surface area contributed by atoms with Gasteiger partial charge in [0.15, 0.2) is 5.11 Å². The second-order valence-corrected chi connectivity index (χ2v) is 3.92. The van der Waals surface area contributed by atoms with Crippen LogP contribution >= 0.6 is 12.2 Å². The van der Waals surface area contributed by atoms with E-state index in [0.717, 1.165) is 5.56 Å². The molecular weight excluding hydrogens is 230 g/mol. The zero-order valence-electron chi connectivity index (χ0n) is 9.52. The molecule has 1 atom stereocenters. The average molecular weight is 245 g/mol. The van der Waals surface area contributed by atoms with E-state index in [1.54, 1.807) is 6.08 Å². The quantitative estimate of drug-likeness (QED) is 0.613. The third-order valence-corrected chi connectivity index (χ3v) is 2.41. The molecule has 88 valence electrons. The van der Waals surface area contributed by atoms with E-state index in [9.17, 15) is 0 Å². The molecule has 2 N–H and O–H groups in total. The van der Waals surface area contributed by atoms with Crippen LogP contribution in [0, 0.1) is 11.3 Å². The third kappa shape index (κ3) is 5.14. The molecule has 1 unspecified atom stereocenters. The number of nitriles is 1. The Morgan fingerprint density at radius 3 is 2.76 bits per heavy atom. The largest absolute Gasteiger partial charge is 0.359 e. The highest BCUT2D eigenvalue weighted by molar-refractivity contribution is 7.80. The van der Waals surface area contributed by atoms with Crippen molar-refractivity contribution in [3.8, 4) is 6.07 Å². The average Bonchev–Trinajstić information content (AvgIpc) is 2.36. The molecule has 0 aliphatic rings. The van der Waals surface area contributed by atoms with Crippen molar-refractivity contribution in [1.82, 2.24) is 10.6 Å². The summed E-state index contributed by atoms with van der Waals surface area (Å²) in [5.41, 5.74) is 1.11. The van der Waals surface area contributed by atoms with Crippen LogP contribution in [0.15, 0.2) is 43.0 Å². The van der Waals surface area contributed by atoms with Crippen LogP contribution in [0.5, 0.6) is 0 Å². The van der Waals surface area contributed by atoms with Gasteiger partial charge in [-0.1, -0.05) is 36.4 Å². The van der Waals surface area contributed by atoms with Crippen LogP contribution in [0.4, 0.5) is 0 Å². The molecule has 0 aromatic heterocycles. The van der Waals surface area contributed by atoms with E-state index in [-0.39, 0.29) is 6.04 Å². The Balaban J connectivity index is 2.47. The minimum absolute atomic E-state index is 0.317. The van der Waals surface area contributed by atoms with Crippen molar-refractivity contribution < 1.29 is 0 Å². The van der Waals surface area contributed by atoms with Crippen molar-refractivity contribution in [3.63, 3.8) is 0 Å². The summed E-state index contributed by atoms with van der Waals surface area (Å²) >= 11 is 5.06. The lowest BCUT2D eigenvalue weighted by Crippen LogP contribution is -2.42. The molecule has 0 fully saturated rings. The maximum Gasteiger partial charge on any atom is 0.167 e. The molecule has 0 aliphatic heterocycles. The lowest BCUT2D eigenvalue weighted by Gasteiger charge is -2.14. The minimum Gasteiger partial charge on any atom is -0.359 e. The summed E-state index contributed by atoms with van der Waals surface area (Å²) in [4.78, 5) is 0. The number of nitrogens with zero attached hydrogens (tertiary/aromatic N) is 1. The summed E-state index contributed by atoms with van der Waals surface area (Å²) in [5.74, 6) is 0. The Bertz CT molecular complexity index is 408. The molecule has 0 radical (unpaired) electrons. The summed E-state index contributed by atoms with van der Waals surface area (Å²) in [6.07, 6.45) is 2.35. The van der Waals surface area contributed by atoms with Crippen molar-refractivity contribution in [2.45, 2.75) is 12.5 Å². The Labute approximate surface area is 107 Å².